The highest BCUT2D eigenvalue weighted by Crippen LogP contribution is 2.25. The Morgan fingerprint density at radius 3 is 2.55 bits per heavy atom. The van der Waals surface area contributed by atoms with Gasteiger partial charge in [-0.3, -0.25) is 0 Å². The van der Waals surface area contributed by atoms with Gasteiger partial charge in [0, 0.05) is 31.4 Å². The zero-order valence-corrected chi connectivity index (χ0v) is 11.7. The van der Waals surface area contributed by atoms with Gasteiger partial charge in [0.15, 0.2) is 0 Å². The molecule has 0 aliphatic heterocycles. The van der Waals surface area contributed by atoms with Crippen LogP contribution in [-0.4, -0.2) is 35.2 Å². The van der Waals surface area contributed by atoms with Gasteiger partial charge in [0.1, 0.15) is 0 Å². The molecule has 1 fully saturated rings. The Bertz CT molecular complexity index is 429. The van der Waals surface area contributed by atoms with Crippen LogP contribution in [0.1, 0.15) is 31.2 Å². The summed E-state index contributed by atoms with van der Waals surface area (Å²) in [4.78, 5) is 14.2. The van der Waals surface area contributed by atoms with Gasteiger partial charge < -0.3 is 21.1 Å². The van der Waals surface area contributed by atoms with Crippen LogP contribution in [0.3, 0.4) is 0 Å². The standard InChI is InChI=1S/C15H23N3O2/c16-11-12-5-7-13(8-6-12)17-15(20)18(9-2-10-19)14-3-1-4-14/h5-8,14,19H,1-4,9-11,16H2,(H,17,20). The predicted octanol–water partition coefficient (Wildman–Crippen LogP) is 1.91. The lowest BCUT2D eigenvalue weighted by Gasteiger charge is -2.37. The van der Waals surface area contributed by atoms with Crippen LogP contribution < -0.4 is 11.1 Å². The van der Waals surface area contributed by atoms with Crippen LogP contribution in [0.4, 0.5) is 10.5 Å². The van der Waals surface area contributed by atoms with E-state index in [1.807, 2.05) is 29.2 Å². The van der Waals surface area contributed by atoms with Crippen molar-refractivity contribution in [3.8, 4) is 0 Å². The number of amides is 2. The highest BCUT2D eigenvalue weighted by molar-refractivity contribution is 5.89. The number of anilines is 1. The lowest BCUT2D eigenvalue weighted by atomic mass is 9.91. The second kappa shape index (κ2) is 7.26. The fourth-order valence-electron chi connectivity index (χ4n) is 2.31. The van der Waals surface area contributed by atoms with Crippen LogP contribution >= 0.6 is 0 Å². The maximum Gasteiger partial charge on any atom is 0.322 e. The van der Waals surface area contributed by atoms with Crippen molar-refractivity contribution in [2.24, 2.45) is 5.73 Å². The van der Waals surface area contributed by atoms with Crippen molar-refractivity contribution < 1.29 is 9.90 Å². The minimum atomic E-state index is -0.0800. The monoisotopic (exact) mass is 277 g/mol. The van der Waals surface area contributed by atoms with Crippen LogP contribution in [0.25, 0.3) is 0 Å². The van der Waals surface area contributed by atoms with Crippen molar-refractivity contribution in [1.29, 1.82) is 0 Å². The van der Waals surface area contributed by atoms with Gasteiger partial charge in [0.2, 0.25) is 0 Å². The van der Waals surface area contributed by atoms with E-state index in [9.17, 15) is 4.79 Å². The van der Waals surface area contributed by atoms with E-state index in [2.05, 4.69) is 5.32 Å². The van der Waals surface area contributed by atoms with E-state index in [1.165, 1.54) is 6.42 Å². The van der Waals surface area contributed by atoms with Crippen molar-refractivity contribution in [3.63, 3.8) is 0 Å². The molecule has 0 heterocycles. The zero-order chi connectivity index (χ0) is 14.4. The number of aliphatic hydroxyl groups is 1. The van der Waals surface area contributed by atoms with Crippen molar-refractivity contribution in [2.75, 3.05) is 18.5 Å². The number of carbonyl (C=O) groups excluding carboxylic acids is 1. The smallest absolute Gasteiger partial charge is 0.322 e. The summed E-state index contributed by atoms with van der Waals surface area (Å²) in [6, 6.07) is 7.80. The molecule has 0 spiro atoms. The fraction of sp³-hybridized carbons (Fsp3) is 0.533. The maximum atomic E-state index is 12.3. The summed E-state index contributed by atoms with van der Waals surface area (Å²) in [6.45, 7) is 1.22. The van der Waals surface area contributed by atoms with Gasteiger partial charge in [-0.2, -0.15) is 0 Å². The Balaban J connectivity index is 1.95. The first kappa shape index (κ1) is 14.8. The summed E-state index contributed by atoms with van der Waals surface area (Å²) in [6.07, 6.45) is 3.92. The summed E-state index contributed by atoms with van der Waals surface area (Å²) in [5.74, 6) is 0. The number of hydrogen-bond acceptors (Lipinski definition) is 3. The number of benzene rings is 1. The molecule has 0 atom stereocenters. The molecule has 4 N–H and O–H groups in total. The number of aliphatic hydroxyl groups excluding tert-OH is 1. The second-order valence-corrected chi connectivity index (χ2v) is 5.19. The molecule has 5 heteroatoms. The molecule has 2 amide bonds. The first-order valence-corrected chi connectivity index (χ1v) is 7.22. The van der Waals surface area contributed by atoms with Gasteiger partial charge in [-0.1, -0.05) is 12.1 Å². The quantitative estimate of drug-likeness (QED) is 0.743. The highest BCUT2D eigenvalue weighted by Gasteiger charge is 2.28. The molecule has 20 heavy (non-hydrogen) atoms. The molecule has 0 bridgehead atoms. The number of urea groups is 1. The maximum absolute atomic E-state index is 12.3. The van der Waals surface area contributed by atoms with E-state index in [4.69, 9.17) is 10.8 Å². The average molecular weight is 277 g/mol. The first-order valence-electron chi connectivity index (χ1n) is 7.22. The van der Waals surface area contributed by atoms with E-state index < -0.39 is 0 Å². The molecular formula is C15H23N3O2. The van der Waals surface area contributed by atoms with Crippen LogP contribution in [0.2, 0.25) is 0 Å². The lowest BCUT2D eigenvalue weighted by Crippen LogP contribution is -2.46. The Morgan fingerprint density at radius 2 is 2.05 bits per heavy atom. The lowest BCUT2D eigenvalue weighted by molar-refractivity contribution is 0.140. The molecule has 0 saturated heterocycles. The van der Waals surface area contributed by atoms with Gasteiger partial charge in [0.05, 0.1) is 0 Å². The normalized spacial score (nSPS) is 14.7. The summed E-state index contributed by atoms with van der Waals surface area (Å²) in [5.41, 5.74) is 7.37. The Kier molecular flexibility index (Phi) is 5.38. The van der Waals surface area contributed by atoms with Gasteiger partial charge in [-0.15, -0.1) is 0 Å². The number of nitrogens with two attached hydrogens (primary N) is 1. The molecule has 2 rings (SSSR count). The van der Waals surface area contributed by atoms with Gasteiger partial charge >= 0.3 is 6.03 Å². The molecule has 0 unspecified atom stereocenters. The van der Waals surface area contributed by atoms with Crippen LogP contribution in [0.5, 0.6) is 0 Å². The number of nitrogens with zero attached hydrogens (tertiary/aromatic N) is 1. The van der Waals surface area contributed by atoms with Crippen molar-refractivity contribution in [2.45, 2.75) is 38.3 Å². The Hall–Kier alpha value is -1.59. The largest absolute Gasteiger partial charge is 0.396 e. The third kappa shape index (κ3) is 3.71. The summed E-state index contributed by atoms with van der Waals surface area (Å²) in [5, 5.41) is 11.9. The molecule has 1 aromatic rings. The van der Waals surface area contributed by atoms with E-state index in [-0.39, 0.29) is 12.6 Å². The highest BCUT2D eigenvalue weighted by atomic mass is 16.3. The third-order valence-electron chi connectivity index (χ3n) is 3.77. The van der Waals surface area contributed by atoms with Crippen molar-refractivity contribution >= 4 is 11.7 Å². The number of nitrogens with one attached hydrogen (secondary N) is 1. The minimum absolute atomic E-state index is 0.0800. The summed E-state index contributed by atoms with van der Waals surface area (Å²) >= 11 is 0. The molecule has 110 valence electrons. The summed E-state index contributed by atoms with van der Waals surface area (Å²) < 4.78 is 0. The number of rotatable bonds is 6. The molecule has 1 aromatic carbocycles. The molecule has 0 radical (unpaired) electrons. The molecular weight excluding hydrogens is 254 g/mol. The van der Waals surface area contributed by atoms with Crippen molar-refractivity contribution in [3.05, 3.63) is 29.8 Å². The summed E-state index contributed by atoms with van der Waals surface area (Å²) in [7, 11) is 0. The topological polar surface area (TPSA) is 78.6 Å². The van der Waals surface area contributed by atoms with Gasteiger partial charge in [-0.05, 0) is 43.4 Å². The van der Waals surface area contributed by atoms with E-state index >= 15 is 0 Å². The number of hydrogen-bond donors (Lipinski definition) is 3. The van der Waals surface area contributed by atoms with E-state index in [0.717, 1.165) is 24.1 Å². The van der Waals surface area contributed by atoms with E-state index in [1.54, 1.807) is 0 Å². The van der Waals surface area contributed by atoms with Crippen LogP contribution in [0, 0.1) is 0 Å². The Labute approximate surface area is 119 Å². The van der Waals surface area contributed by atoms with E-state index in [0.29, 0.717) is 25.6 Å². The predicted molar refractivity (Wildman–Crippen MR) is 79.4 cm³/mol. The zero-order valence-electron chi connectivity index (χ0n) is 11.7. The van der Waals surface area contributed by atoms with Crippen molar-refractivity contribution in [1.82, 2.24) is 4.90 Å². The minimum Gasteiger partial charge on any atom is -0.396 e. The molecule has 0 aromatic heterocycles. The molecule has 5 nitrogen and oxygen atoms in total. The average Bonchev–Trinajstić information content (AvgIpc) is 2.42. The Morgan fingerprint density at radius 1 is 1.35 bits per heavy atom. The third-order valence-corrected chi connectivity index (χ3v) is 3.77. The molecule has 1 saturated carbocycles. The second-order valence-electron chi connectivity index (χ2n) is 5.19. The SMILES string of the molecule is NCc1ccc(NC(=O)N(CCCO)C2CCC2)cc1. The van der Waals surface area contributed by atoms with Crippen LogP contribution in [0.15, 0.2) is 24.3 Å². The molecule has 1 aliphatic rings. The molecule has 1 aliphatic carbocycles. The number of carbonyl (C=O) groups is 1. The first-order chi connectivity index (χ1) is 9.74. The van der Waals surface area contributed by atoms with Gasteiger partial charge in [-0.25, -0.2) is 4.79 Å². The van der Waals surface area contributed by atoms with Gasteiger partial charge in [0.25, 0.3) is 0 Å². The fourth-order valence-corrected chi connectivity index (χ4v) is 2.31. The van der Waals surface area contributed by atoms with Crippen LogP contribution in [-0.2, 0) is 6.54 Å².